The second-order valence-corrected chi connectivity index (χ2v) is 7.13. The van der Waals surface area contributed by atoms with Gasteiger partial charge >= 0.3 is 6.61 Å². The minimum atomic E-state index is -2.99. The highest BCUT2D eigenvalue weighted by Crippen LogP contribution is 2.39. The van der Waals surface area contributed by atoms with E-state index < -0.39 is 6.61 Å². The van der Waals surface area contributed by atoms with Gasteiger partial charge in [-0.15, -0.1) is 0 Å². The lowest BCUT2D eigenvalue weighted by Gasteiger charge is -2.31. The van der Waals surface area contributed by atoms with Crippen molar-refractivity contribution in [2.75, 3.05) is 26.4 Å². The molecule has 2 aliphatic rings. The quantitative estimate of drug-likeness (QED) is 0.697. The standard InChI is InChI=1S/C23H23F2NO5/c1-3-28-19-12-16(5-6-18(19)31-23(24)25)22(27)26-8-7-15-11-20-21(13-17(15)14(26)2)30-10-4-9-29-20/h5-6,11-13,23H,2-4,7-10H2,1H3. The Hall–Kier alpha value is -3.29. The molecule has 2 aliphatic heterocycles. The molecule has 2 heterocycles. The monoisotopic (exact) mass is 431 g/mol. The number of amides is 1. The summed E-state index contributed by atoms with van der Waals surface area (Å²) in [7, 11) is 0. The molecular formula is C23H23F2NO5. The molecule has 0 saturated carbocycles. The number of hydrogen-bond donors (Lipinski definition) is 0. The van der Waals surface area contributed by atoms with Crippen molar-refractivity contribution in [3.8, 4) is 23.0 Å². The lowest BCUT2D eigenvalue weighted by atomic mass is 9.95. The van der Waals surface area contributed by atoms with Crippen molar-refractivity contribution in [1.29, 1.82) is 0 Å². The fraction of sp³-hybridized carbons (Fsp3) is 0.348. The zero-order valence-electron chi connectivity index (χ0n) is 17.2. The van der Waals surface area contributed by atoms with Crippen molar-refractivity contribution in [2.24, 2.45) is 0 Å². The highest BCUT2D eigenvalue weighted by atomic mass is 19.3. The van der Waals surface area contributed by atoms with Crippen molar-refractivity contribution in [1.82, 2.24) is 4.90 Å². The van der Waals surface area contributed by atoms with E-state index in [2.05, 4.69) is 11.3 Å². The predicted octanol–water partition coefficient (Wildman–Crippen LogP) is 4.52. The third-order valence-electron chi connectivity index (χ3n) is 5.17. The van der Waals surface area contributed by atoms with E-state index >= 15 is 0 Å². The number of hydrogen-bond acceptors (Lipinski definition) is 5. The Morgan fingerprint density at radius 3 is 2.61 bits per heavy atom. The number of halogens is 2. The molecule has 0 radical (unpaired) electrons. The van der Waals surface area contributed by atoms with Gasteiger partial charge in [-0.3, -0.25) is 4.79 Å². The summed E-state index contributed by atoms with van der Waals surface area (Å²) < 4.78 is 46.7. The van der Waals surface area contributed by atoms with E-state index in [1.807, 2.05) is 12.1 Å². The average molecular weight is 431 g/mol. The van der Waals surface area contributed by atoms with Gasteiger partial charge in [0, 0.05) is 29.8 Å². The summed E-state index contributed by atoms with van der Waals surface area (Å²) in [6, 6.07) is 7.99. The first kappa shape index (κ1) is 21.0. The van der Waals surface area contributed by atoms with Gasteiger partial charge in [0.2, 0.25) is 0 Å². The summed E-state index contributed by atoms with van der Waals surface area (Å²) in [5.41, 5.74) is 2.71. The van der Waals surface area contributed by atoms with Crippen LogP contribution in [0.5, 0.6) is 23.0 Å². The van der Waals surface area contributed by atoms with Gasteiger partial charge in [-0.05, 0) is 49.2 Å². The first-order valence-corrected chi connectivity index (χ1v) is 10.1. The van der Waals surface area contributed by atoms with Crippen LogP contribution < -0.4 is 18.9 Å². The van der Waals surface area contributed by atoms with Crippen LogP contribution >= 0.6 is 0 Å². The van der Waals surface area contributed by atoms with Crippen molar-refractivity contribution in [2.45, 2.75) is 26.4 Å². The van der Waals surface area contributed by atoms with Crippen LogP contribution in [0.15, 0.2) is 36.9 Å². The van der Waals surface area contributed by atoms with Crippen LogP contribution in [0, 0.1) is 0 Å². The van der Waals surface area contributed by atoms with Gasteiger partial charge in [-0.1, -0.05) is 6.58 Å². The van der Waals surface area contributed by atoms with Crippen LogP contribution in [-0.2, 0) is 6.42 Å². The third kappa shape index (κ3) is 4.28. The summed E-state index contributed by atoms with van der Waals surface area (Å²) in [5, 5.41) is 0. The number of ether oxygens (including phenoxy) is 4. The molecule has 31 heavy (non-hydrogen) atoms. The fourth-order valence-corrected chi connectivity index (χ4v) is 3.72. The van der Waals surface area contributed by atoms with Crippen LogP contribution in [0.2, 0.25) is 0 Å². The average Bonchev–Trinajstić information content (AvgIpc) is 2.98. The number of rotatable bonds is 5. The van der Waals surface area contributed by atoms with Crippen molar-refractivity contribution in [3.05, 3.63) is 53.6 Å². The first-order chi connectivity index (χ1) is 15.0. The molecule has 0 bridgehead atoms. The maximum atomic E-state index is 13.2. The second-order valence-electron chi connectivity index (χ2n) is 7.13. The summed E-state index contributed by atoms with van der Waals surface area (Å²) >= 11 is 0. The van der Waals surface area contributed by atoms with Gasteiger partial charge in [-0.2, -0.15) is 8.78 Å². The van der Waals surface area contributed by atoms with E-state index in [4.69, 9.17) is 14.2 Å². The van der Waals surface area contributed by atoms with E-state index in [1.165, 1.54) is 18.2 Å². The Bertz CT molecular complexity index is 1010. The van der Waals surface area contributed by atoms with Gasteiger partial charge in [0.15, 0.2) is 23.0 Å². The molecule has 0 spiro atoms. The fourth-order valence-electron chi connectivity index (χ4n) is 3.72. The first-order valence-electron chi connectivity index (χ1n) is 10.1. The lowest BCUT2D eigenvalue weighted by Crippen LogP contribution is -2.34. The van der Waals surface area contributed by atoms with Crippen molar-refractivity contribution >= 4 is 11.6 Å². The largest absolute Gasteiger partial charge is 0.490 e. The number of carbonyl (C=O) groups excluding carboxylic acids is 1. The number of carbonyl (C=O) groups is 1. The van der Waals surface area contributed by atoms with Crippen LogP contribution in [0.3, 0.4) is 0 Å². The number of benzene rings is 2. The predicted molar refractivity (Wildman–Crippen MR) is 110 cm³/mol. The van der Waals surface area contributed by atoms with E-state index in [0.717, 1.165) is 17.5 Å². The third-order valence-corrected chi connectivity index (χ3v) is 5.17. The summed E-state index contributed by atoms with van der Waals surface area (Å²) in [6.07, 6.45) is 1.43. The molecular weight excluding hydrogens is 408 g/mol. The highest BCUT2D eigenvalue weighted by molar-refractivity contribution is 6.00. The Morgan fingerprint density at radius 2 is 1.90 bits per heavy atom. The molecule has 0 N–H and O–H groups in total. The summed E-state index contributed by atoms with van der Waals surface area (Å²) in [4.78, 5) is 14.8. The maximum absolute atomic E-state index is 13.2. The topological polar surface area (TPSA) is 57.2 Å². The van der Waals surface area contributed by atoms with Crippen LogP contribution in [-0.4, -0.2) is 43.8 Å². The van der Waals surface area contributed by atoms with Gasteiger partial charge in [0.1, 0.15) is 0 Å². The Labute approximate surface area is 179 Å². The van der Waals surface area contributed by atoms with Crippen LogP contribution in [0.25, 0.3) is 5.70 Å². The zero-order valence-corrected chi connectivity index (χ0v) is 17.2. The van der Waals surface area contributed by atoms with Crippen molar-refractivity contribution < 1.29 is 32.5 Å². The molecule has 0 aliphatic carbocycles. The molecule has 2 aromatic carbocycles. The second kappa shape index (κ2) is 8.83. The molecule has 4 rings (SSSR count). The maximum Gasteiger partial charge on any atom is 0.387 e. The van der Waals surface area contributed by atoms with E-state index in [9.17, 15) is 13.6 Å². The zero-order chi connectivity index (χ0) is 22.0. The summed E-state index contributed by atoms with van der Waals surface area (Å²) in [6.45, 7) is 4.70. The van der Waals surface area contributed by atoms with Gasteiger partial charge in [-0.25, -0.2) is 0 Å². The van der Waals surface area contributed by atoms with E-state index in [0.29, 0.717) is 48.9 Å². The Balaban J connectivity index is 1.61. The van der Waals surface area contributed by atoms with E-state index in [1.54, 1.807) is 11.8 Å². The molecule has 0 fully saturated rings. The van der Waals surface area contributed by atoms with E-state index in [-0.39, 0.29) is 24.0 Å². The molecule has 0 atom stereocenters. The van der Waals surface area contributed by atoms with Gasteiger partial charge in [0.05, 0.1) is 19.8 Å². The van der Waals surface area contributed by atoms with Gasteiger partial charge in [0.25, 0.3) is 5.91 Å². The number of nitrogens with zero attached hydrogens (tertiary/aromatic N) is 1. The molecule has 0 aromatic heterocycles. The molecule has 0 unspecified atom stereocenters. The lowest BCUT2D eigenvalue weighted by molar-refractivity contribution is -0.0514. The smallest absolute Gasteiger partial charge is 0.387 e. The molecule has 6 nitrogen and oxygen atoms in total. The van der Waals surface area contributed by atoms with Crippen LogP contribution in [0.4, 0.5) is 8.78 Å². The molecule has 0 saturated heterocycles. The Morgan fingerprint density at radius 1 is 1.16 bits per heavy atom. The molecule has 164 valence electrons. The minimum Gasteiger partial charge on any atom is -0.490 e. The summed E-state index contributed by atoms with van der Waals surface area (Å²) in [5.74, 6) is 1.02. The van der Waals surface area contributed by atoms with Crippen LogP contribution in [0.1, 0.15) is 34.8 Å². The minimum absolute atomic E-state index is 0.0903. The normalized spacial score (nSPS) is 15.4. The highest BCUT2D eigenvalue weighted by Gasteiger charge is 2.28. The molecule has 8 heteroatoms. The molecule has 1 amide bonds. The van der Waals surface area contributed by atoms with Gasteiger partial charge < -0.3 is 23.8 Å². The molecule has 2 aromatic rings. The number of fused-ring (bicyclic) bond motifs is 2. The van der Waals surface area contributed by atoms with Crippen molar-refractivity contribution in [3.63, 3.8) is 0 Å². The Kier molecular flexibility index (Phi) is 5.97. The number of alkyl halides is 2. The SMILES string of the molecule is C=C1c2cc3c(cc2CCN1C(=O)c1ccc(OC(F)F)c(OCC)c1)OCCCO3.